The number of halogens is 1. The van der Waals surface area contributed by atoms with E-state index >= 15 is 0 Å². The van der Waals surface area contributed by atoms with Gasteiger partial charge < -0.3 is 15.2 Å². The Balaban J connectivity index is 1.88. The average molecular weight is 280 g/mol. The van der Waals surface area contributed by atoms with Gasteiger partial charge in [-0.3, -0.25) is 4.79 Å². The van der Waals surface area contributed by atoms with Gasteiger partial charge in [0.2, 0.25) is 5.95 Å². The van der Waals surface area contributed by atoms with E-state index in [1.54, 1.807) is 6.07 Å². The largest absolute Gasteiger partial charge is 0.494 e. The minimum atomic E-state index is -0.522. The molecule has 1 heterocycles. The zero-order valence-corrected chi connectivity index (χ0v) is 10.7. The SMILES string of the molecule is COc1ccc(COC(=O)Cn2cnc(N)n2)cc1F. The smallest absolute Gasteiger partial charge is 0.328 e. The van der Waals surface area contributed by atoms with Gasteiger partial charge >= 0.3 is 5.97 Å². The molecule has 2 N–H and O–H groups in total. The Morgan fingerprint density at radius 3 is 2.90 bits per heavy atom. The van der Waals surface area contributed by atoms with E-state index in [1.165, 1.54) is 30.3 Å². The molecule has 1 aromatic carbocycles. The Morgan fingerprint density at radius 2 is 2.30 bits per heavy atom. The number of ether oxygens (including phenoxy) is 2. The molecule has 0 atom stereocenters. The van der Waals surface area contributed by atoms with Crippen LogP contribution in [0, 0.1) is 5.82 Å². The van der Waals surface area contributed by atoms with Gasteiger partial charge in [0, 0.05) is 0 Å². The maximum atomic E-state index is 13.4. The lowest BCUT2D eigenvalue weighted by atomic mass is 10.2. The van der Waals surface area contributed by atoms with Gasteiger partial charge in [-0.05, 0) is 17.7 Å². The van der Waals surface area contributed by atoms with Gasteiger partial charge in [0.15, 0.2) is 11.6 Å². The molecule has 0 unspecified atom stereocenters. The first-order chi connectivity index (χ1) is 9.58. The number of nitrogens with zero attached hydrogens (tertiary/aromatic N) is 3. The fourth-order valence-corrected chi connectivity index (χ4v) is 1.53. The Hall–Kier alpha value is -2.64. The van der Waals surface area contributed by atoms with Crippen LogP contribution in [0.5, 0.6) is 5.75 Å². The summed E-state index contributed by atoms with van der Waals surface area (Å²) >= 11 is 0. The van der Waals surface area contributed by atoms with E-state index in [2.05, 4.69) is 10.1 Å². The molecule has 2 rings (SSSR count). The number of carbonyl (C=O) groups is 1. The summed E-state index contributed by atoms with van der Waals surface area (Å²) in [6.45, 7) is -0.146. The van der Waals surface area contributed by atoms with Gasteiger partial charge in [-0.2, -0.15) is 0 Å². The van der Waals surface area contributed by atoms with Crippen LogP contribution in [-0.4, -0.2) is 27.8 Å². The molecule has 106 valence electrons. The van der Waals surface area contributed by atoms with E-state index in [0.717, 1.165) is 0 Å². The number of anilines is 1. The summed E-state index contributed by atoms with van der Waals surface area (Å²) in [5.74, 6) is -0.815. The molecule has 8 heteroatoms. The number of aromatic nitrogens is 3. The highest BCUT2D eigenvalue weighted by atomic mass is 19.1. The van der Waals surface area contributed by atoms with Crippen molar-refractivity contribution < 1.29 is 18.7 Å². The van der Waals surface area contributed by atoms with Crippen molar-refractivity contribution in [3.63, 3.8) is 0 Å². The van der Waals surface area contributed by atoms with Gasteiger partial charge in [-0.1, -0.05) is 6.07 Å². The number of hydrogen-bond acceptors (Lipinski definition) is 6. The summed E-state index contributed by atoms with van der Waals surface area (Å²) < 4.78 is 24.5. The molecule has 0 spiro atoms. The van der Waals surface area contributed by atoms with Gasteiger partial charge in [-0.15, -0.1) is 5.10 Å². The molecular formula is C12H13FN4O3. The van der Waals surface area contributed by atoms with Crippen molar-refractivity contribution in [3.8, 4) is 5.75 Å². The van der Waals surface area contributed by atoms with Gasteiger partial charge in [-0.25, -0.2) is 14.1 Å². The molecule has 1 aromatic heterocycles. The Kier molecular flexibility index (Phi) is 4.14. The molecule has 0 aliphatic heterocycles. The molecule has 0 aliphatic rings. The highest BCUT2D eigenvalue weighted by molar-refractivity contribution is 5.69. The van der Waals surface area contributed by atoms with Crippen LogP contribution in [0.2, 0.25) is 0 Å². The minimum absolute atomic E-state index is 0.0378. The number of nitrogen functional groups attached to an aromatic ring is 1. The van der Waals surface area contributed by atoms with Crippen LogP contribution in [-0.2, 0) is 22.7 Å². The topological polar surface area (TPSA) is 92.3 Å². The second kappa shape index (κ2) is 6.00. The van der Waals surface area contributed by atoms with Crippen LogP contribution in [0.4, 0.5) is 10.3 Å². The monoisotopic (exact) mass is 280 g/mol. The van der Waals surface area contributed by atoms with Gasteiger partial charge in [0.25, 0.3) is 0 Å². The standard InChI is InChI=1S/C12H13FN4O3/c1-19-10-3-2-8(4-9(10)13)6-20-11(18)5-17-7-15-12(14)16-17/h2-4,7H,5-6H2,1H3,(H2,14,16). The van der Waals surface area contributed by atoms with Crippen molar-refractivity contribution in [1.29, 1.82) is 0 Å². The fourth-order valence-electron chi connectivity index (χ4n) is 1.53. The number of benzene rings is 1. The second-order valence-electron chi connectivity index (χ2n) is 3.93. The van der Waals surface area contributed by atoms with Crippen molar-refractivity contribution >= 4 is 11.9 Å². The third kappa shape index (κ3) is 3.44. The first-order valence-corrected chi connectivity index (χ1v) is 5.71. The lowest BCUT2D eigenvalue weighted by Gasteiger charge is -2.06. The molecule has 0 amide bonds. The predicted octanol–water partition coefficient (Wildman–Crippen LogP) is 0.751. The third-order valence-corrected chi connectivity index (χ3v) is 2.46. The molecule has 7 nitrogen and oxygen atoms in total. The Labute approximate surface area is 114 Å². The quantitative estimate of drug-likeness (QED) is 0.812. The summed E-state index contributed by atoms with van der Waals surface area (Å²) in [7, 11) is 1.38. The second-order valence-corrected chi connectivity index (χ2v) is 3.93. The molecule has 0 saturated carbocycles. The zero-order valence-electron chi connectivity index (χ0n) is 10.7. The number of carbonyl (C=O) groups excluding carboxylic acids is 1. The molecule has 2 aromatic rings. The van der Waals surface area contributed by atoms with E-state index in [0.29, 0.717) is 5.56 Å². The van der Waals surface area contributed by atoms with Gasteiger partial charge in [0.1, 0.15) is 19.5 Å². The van der Waals surface area contributed by atoms with E-state index in [4.69, 9.17) is 15.2 Å². The van der Waals surface area contributed by atoms with Crippen molar-refractivity contribution in [2.75, 3.05) is 12.8 Å². The van der Waals surface area contributed by atoms with Crippen LogP contribution in [0.15, 0.2) is 24.5 Å². The van der Waals surface area contributed by atoms with Crippen molar-refractivity contribution in [3.05, 3.63) is 35.9 Å². The van der Waals surface area contributed by atoms with Crippen LogP contribution < -0.4 is 10.5 Å². The molecule has 0 saturated heterocycles. The predicted molar refractivity (Wildman–Crippen MR) is 67.2 cm³/mol. The van der Waals surface area contributed by atoms with E-state index < -0.39 is 11.8 Å². The molecule has 20 heavy (non-hydrogen) atoms. The average Bonchev–Trinajstić information content (AvgIpc) is 2.82. The van der Waals surface area contributed by atoms with Crippen molar-refractivity contribution in [2.24, 2.45) is 0 Å². The number of nitrogens with two attached hydrogens (primary N) is 1. The summed E-state index contributed by atoms with van der Waals surface area (Å²) in [6, 6.07) is 4.33. The Morgan fingerprint density at radius 1 is 1.50 bits per heavy atom. The van der Waals surface area contributed by atoms with Gasteiger partial charge in [0.05, 0.1) is 7.11 Å². The minimum Gasteiger partial charge on any atom is -0.494 e. The number of methoxy groups -OCH3 is 1. The summed E-state index contributed by atoms with van der Waals surface area (Å²) in [5, 5.41) is 3.75. The summed E-state index contributed by atoms with van der Waals surface area (Å²) in [6.07, 6.45) is 1.32. The highest BCUT2D eigenvalue weighted by Gasteiger charge is 2.08. The molecule has 0 fully saturated rings. The Bertz CT molecular complexity index is 614. The molecule has 0 radical (unpaired) electrons. The number of hydrogen-bond donors (Lipinski definition) is 1. The van der Waals surface area contributed by atoms with E-state index in [1.807, 2.05) is 0 Å². The maximum Gasteiger partial charge on any atom is 0.328 e. The first kappa shape index (κ1) is 13.8. The molecular weight excluding hydrogens is 267 g/mol. The summed E-state index contributed by atoms with van der Waals surface area (Å²) in [4.78, 5) is 15.2. The zero-order chi connectivity index (χ0) is 14.5. The van der Waals surface area contributed by atoms with Crippen LogP contribution in [0.25, 0.3) is 0 Å². The maximum absolute atomic E-state index is 13.4. The normalized spacial score (nSPS) is 10.3. The van der Waals surface area contributed by atoms with E-state index in [-0.39, 0.29) is 24.8 Å². The van der Waals surface area contributed by atoms with E-state index in [9.17, 15) is 9.18 Å². The number of esters is 1. The van der Waals surface area contributed by atoms with Crippen LogP contribution in [0.1, 0.15) is 5.56 Å². The highest BCUT2D eigenvalue weighted by Crippen LogP contribution is 2.18. The van der Waals surface area contributed by atoms with Crippen LogP contribution >= 0.6 is 0 Å². The van der Waals surface area contributed by atoms with Crippen molar-refractivity contribution in [2.45, 2.75) is 13.2 Å². The summed E-state index contributed by atoms with van der Waals surface area (Å²) in [5.41, 5.74) is 5.84. The third-order valence-electron chi connectivity index (χ3n) is 2.46. The van der Waals surface area contributed by atoms with Crippen LogP contribution in [0.3, 0.4) is 0 Å². The number of rotatable bonds is 5. The lowest BCUT2D eigenvalue weighted by Crippen LogP contribution is -2.14. The van der Waals surface area contributed by atoms with Crippen molar-refractivity contribution in [1.82, 2.24) is 14.8 Å². The molecule has 0 aliphatic carbocycles. The fraction of sp³-hybridized carbons (Fsp3) is 0.250. The lowest BCUT2D eigenvalue weighted by molar-refractivity contribution is -0.145. The molecule has 0 bridgehead atoms. The first-order valence-electron chi connectivity index (χ1n) is 5.71.